The molecule has 13 heteroatoms. The van der Waals surface area contributed by atoms with E-state index in [1.807, 2.05) is 24.3 Å². The Kier molecular flexibility index (Phi) is 7.26. The number of carbonyl (C=O) groups excluding carboxylic acids is 3. The van der Waals surface area contributed by atoms with Crippen molar-refractivity contribution in [2.24, 2.45) is 0 Å². The number of fused-ring (bicyclic) bond motifs is 1. The van der Waals surface area contributed by atoms with Gasteiger partial charge in [-0.2, -0.15) is 9.97 Å². The van der Waals surface area contributed by atoms with Crippen LogP contribution in [-0.2, 0) is 35.2 Å². The molecule has 12 nitrogen and oxygen atoms in total. The summed E-state index contributed by atoms with van der Waals surface area (Å²) < 4.78 is 24.7. The fourth-order valence-corrected chi connectivity index (χ4v) is 3.78. The van der Waals surface area contributed by atoms with E-state index >= 15 is 0 Å². The largest absolute Gasteiger partial charge is 0.471 e. The Bertz CT molecular complexity index is 1240. The number of esters is 2. The minimum absolute atomic E-state index is 0.0172. The maximum Gasteiger partial charge on any atom is 0.305 e. The van der Waals surface area contributed by atoms with Crippen molar-refractivity contribution in [3.63, 3.8) is 0 Å². The third kappa shape index (κ3) is 5.92. The number of anilines is 1. The number of nitrogens with one attached hydrogen (secondary N) is 1. The third-order valence-corrected chi connectivity index (χ3v) is 5.43. The van der Waals surface area contributed by atoms with E-state index in [0.29, 0.717) is 11.2 Å². The molecule has 4 rings (SSSR count). The van der Waals surface area contributed by atoms with Crippen molar-refractivity contribution >= 4 is 50.9 Å². The molecule has 1 aliphatic rings. The lowest BCUT2D eigenvalue weighted by Gasteiger charge is -2.17. The van der Waals surface area contributed by atoms with Crippen molar-refractivity contribution in [2.45, 2.75) is 52.4 Å². The van der Waals surface area contributed by atoms with Crippen LogP contribution in [-0.4, -0.2) is 49.8 Å². The summed E-state index contributed by atoms with van der Waals surface area (Å²) in [5, 5.41) is 2.55. The molecule has 0 unspecified atom stereocenters. The number of nitrogens with zero attached hydrogens (tertiary/aromatic N) is 4. The number of halogens is 1. The smallest absolute Gasteiger partial charge is 0.305 e. The van der Waals surface area contributed by atoms with Crippen LogP contribution in [0.25, 0.3) is 11.2 Å². The predicted octanol–water partition coefficient (Wildman–Crippen LogP) is 2.87. The summed E-state index contributed by atoms with van der Waals surface area (Å²) >= 11 is 3.39. The van der Waals surface area contributed by atoms with E-state index in [1.54, 1.807) is 4.57 Å². The van der Waals surface area contributed by atoms with Gasteiger partial charge in [0, 0.05) is 31.7 Å². The topological polar surface area (TPSA) is 144 Å². The maximum atomic E-state index is 11.7. The highest BCUT2D eigenvalue weighted by molar-refractivity contribution is 9.10. The molecule has 2 aromatic heterocycles. The fourth-order valence-electron chi connectivity index (χ4n) is 3.52. The van der Waals surface area contributed by atoms with Gasteiger partial charge < -0.3 is 18.9 Å². The molecule has 0 spiro atoms. The lowest BCUT2D eigenvalue weighted by atomic mass is 10.2. The van der Waals surface area contributed by atoms with Crippen molar-refractivity contribution in [1.29, 1.82) is 0 Å². The van der Waals surface area contributed by atoms with Crippen LogP contribution in [0.5, 0.6) is 5.88 Å². The first kappa shape index (κ1) is 24.5. The number of benzene rings is 1. The van der Waals surface area contributed by atoms with E-state index in [4.69, 9.17) is 18.9 Å². The van der Waals surface area contributed by atoms with E-state index in [0.717, 1.165) is 10.0 Å². The first-order chi connectivity index (χ1) is 16.7. The SMILES string of the molecule is CC(=O)Nc1nc(OCc2ccc(Br)cc2)c2ncn([C@H]3C[C@H](OC(C)=O)[C@@H](OC(C)=O)O3)c2n1. The van der Waals surface area contributed by atoms with Crippen molar-refractivity contribution in [3.8, 4) is 5.88 Å². The molecule has 1 saturated heterocycles. The van der Waals surface area contributed by atoms with Gasteiger partial charge in [-0.1, -0.05) is 28.1 Å². The predicted molar refractivity (Wildman–Crippen MR) is 124 cm³/mol. The van der Waals surface area contributed by atoms with E-state index in [-0.39, 0.29) is 30.8 Å². The molecule has 0 saturated carbocycles. The molecule has 35 heavy (non-hydrogen) atoms. The van der Waals surface area contributed by atoms with E-state index < -0.39 is 30.6 Å². The summed E-state index contributed by atoms with van der Waals surface area (Å²) in [6.45, 7) is 4.03. The molecule has 0 radical (unpaired) electrons. The van der Waals surface area contributed by atoms with Gasteiger partial charge in [-0.3, -0.25) is 24.3 Å². The number of ether oxygens (including phenoxy) is 4. The van der Waals surface area contributed by atoms with Gasteiger partial charge in [0.15, 0.2) is 17.3 Å². The zero-order valence-electron chi connectivity index (χ0n) is 19.1. The molecule has 1 amide bonds. The van der Waals surface area contributed by atoms with Crippen molar-refractivity contribution < 1.29 is 33.3 Å². The summed E-state index contributed by atoms with van der Waals surface area (Å²) in [7, 11) is 0. The highest BCUT2D eigenvalue weighted by atomic mass is 79.9. The highest BCUT2D eigenvalue weighted by Gasteiger charge is 2.41. The van der Waals surface area contributed by atoms with Gasteiger partial charge >= 0.3 is 11.9 Å². The molecule has 3 atom stereocenters. The van der Waals surface area contributed by atoms with Crippen LogP contribution in [0.2, 0.25) is 0 Å². The molecule has 0 aliphatic carbocycles. The van der Waals surface area contributed by atoms with Crippen LogP contribution in [0.4, 0.5) is 5.95 Å². The standard InChI is InChI=1S/C22H22BrN5O7/c1-11(29)25-22-26-19-18(20(27-22)32-9-14-4-6-15(23)7-5-14)24-10-28(19)17-8-16(33-12(2)30)21(35-17)34-13(3)31/h4-7,10,16-17,21H,8-9H2,1-3H3,(H,25,26,27,29)/t16-,17+,21-/m0/s1. The summed E-state index contributed by atoms with van der Waals surface area (Å²) in [6, 6.07) is 7.57. The lowest BCUT2D eigenvalue weighted by molar-refractivity contribution is -0.198. The van der Waals surface area contributed by atoms with Gasteiger partial charge in [-0.05, 0) is 17.7 Å². The van der Waals surface area contributed by atoms with Crippen LogP contribution in [0.3, 0.4) is 0 Å². The third-order valence-electron chi connectivity index (χ3n) is 4.90. The summed E-state index contributed by atoms with van der Waals surface area (Å²) in [6.07, 6.45) is -0.993. The minimum Gasteiger partial charge on any atom is -0.471 e. The maximum absolute atomic E-state index is 11.7. The molecule has 1 aromatic carbocycles. The second kappa shape index (κ2) is 10.4. The average Bonchev–Trinajstić information content (AvgIpc) is 3.36. The summed E-state index contributed by atoms with van der Waals surface area (Å²) in [4.78, 5) is 47.7. The monoisotopic (exact) mass is 547 g/mol. The van der Waals surface area contributed by atoms with Crippen molar-refractivity contribution in [3.05, 3.63) is 40.6 Å². The first-order valence-corrected chi connectivity index (χ1v) is 11.4. The van der Waals surface area contributed by atoms with E-state index in [2.05, 4.69) is 36.2 Å². The molecular formula is C22H22BrN5O7. The van der Waals surface area contributed by atoms with Crippen LogP contribution >= 0.6 is 15.9 Å². The van der Waals surface area contributed by atoms with Gasteiger partial charge in [0.25, 0.3) is 0 Å². The van der Waals surface area contributed by atoms with Crippen LogP contribution in [0.1, 0.15) is 39.0 Å². The fraction of sp³-hybridized carbons (Fsp3) is 0.364. The Hall–Kier alpha value is -3.58. The number of carbonyl (C=O) groups is 3. The molecule has 3 aromatic rings. The molecule has 1 fully saturated rings. The zero-order chi connectivity index (χ0) is 25.1. The Balaban J connectivity index is 1.66. The molecular weight excluding hydrogens is 526 g/mol. The van der Waals surface area contributed by atoms with Crippen molar-refractivity contribution in [2.75, 3.05) is 5.32 Å². The van der Waals surface area contributed by atoms with Crippen molar-refractivity contribution in [1.82, 2.24) is 19.5 Å². The summed E-state index contributed by atoms with van der Waals surface area (Å²) in [5.74, 6) is -1.31. The van der Waals surface area contributed by atoms with Crippen LogP contribution in [0.15, 0.2) is 35.1 Å². The van der Waals surface area contributed by atoms with E-state index in [1.165, 1.54) is 27.1 Å². The van der Waals surface area contributed by atoms with E-state index in [9.17, 15) is 14.4 Å². The van der Waals surface area contributed by atoms with Crippen LogP contribution < -0.4 is 10.1 Å². The quantitative estimate of drug-likeness (QED) is 0.438. The molecule has 1 N–H and O–H groups in total. The van der Waals surface area contributed by atoms with Gasteiger partial charge in [-0.25, -0.2) is 4.98 Å². The van der Waals surface area contributed by atoms with Gasteiger partial charge in [0.05, 0.1) is 6.33 Å². The Morgan fingerprint density at radius 1 is 1.11 bits per heavy atom. The second-order valence-electron chi connectivity index (χ2n) is 7.72. The Morgan fingerprint density at radius 3 is 2.49 bits per heavy atom. The minimum atomic E-state index is -1.09. The first-order valence-electron chi connectivity index (χ1n) is 10.6. The number of hydrogen-bond donors (Lipinski definition) is 1. The highest BCUT2D eigenvalue weighted by Crippen LogP contribution is 2.35. The van der Waals surface area contributed by atoms with Gasteiger partial charge in [0.2, 0.25) is 24.0 Å². The molecule has 1 aliphatic heterocycles. The molecule has 184 valence electrons. The lowest BCUT2D eigenvalue weighted by Crippen LogP contribution is -2.30. The second-order valence-corrected chi connectivity index (χ2v) is 8.64. The number of hydrogen-bond acceptors (Lipinski definition) is 10. The van der Waals surface area contributed by atoms with Gasteiger partial charge in [-0.15, -0.1) is 0 Å². The Labute approximate surface area is 208 Å². The van der Waals surface area contributed by atoms with Crippen LogP contribution in [0, 0.1) is 0 Å². The van der Waals surface area contributed by atoms with Gasteiger partial charge in [0.1, 0.15) is 12.8 Å². The Morgan fingerprint density at radius 2 is 1.83 bits per heavy atom. The number of rotatable bonds is 7. The zero-order valence-corrected chi connectivity index (χ0v) is 20.6. The number of aromatic nitrogens is 4. The molecule has 0 bridgehead atoms. The average molecular weight is 548 g/mol. The summed E-state index contributed by atoms with van der Waals surface area (Å²) in [5.41, 5.74) is 1.54. The molecule has 3 heterocycles. The normalized spacial score (nSPS) is 19.4. The number of amides is 1. The number of imidazole rings is 1.